The van der Waals surface area contributed by atoms with E-state index in [1.165, 1.54) is 6.08 Å². The Hall–Kier alpha value is -2.88. The summed E-state index contributed by atoms with van der Waals surface area (Å²) in [5.74, 6) is -1.84. The maximum atomic E-state index is 11.7. The first kappa shape index (κ1) is 15.5. The number of carbonyl (C=O) groups excluding carboxylic acids is 1. The van der Waals surface area contributed by atoms with Gasteiger partial charge in [-0.05, 0) is 17.2 Å². The standard InChI is InChI=1S/C18H16O4/c19-17(12-11-14-7-3-1-4-8-14)22-16(18(20)21)13-15-9-5-2-6-10-15/h1-12,16H,13H2,(H,20,21)/b12-11+/t16-/m0/s1. The number of carbonyl (C=O) groups is 2. The fraction of sp³-hybridized carbons (Fsp3) is 0.111. The van der Waals surface area contributed by atoms with Crippen LogP contribution in [0.3, 0.4) is 0 Å². The first-order valence-electron chi connectivity index (χ1n) is 6.85. The highest BCUT2D eigenvalue weighted by Crippen LogP contribution is 2.08. The first-order chi connectivity index (χ1) is 10.6. The van der Waals surface area contributed by atoms with Crippen molar-refractivity contribution in [2.24, 2.45) is 0 Å². The molecule has 0 amide bonds. The van der Waals surface area contributed by atoms with Gasteiger partial charge in [-0.15, -0.1) is 0 Å². The molecule has 0 aliphatic carbocycles. The largest absolute Gasteiger partial charge is 0.478 e. The van der Waals surface area contributed by atoms with Crippen molar-refractivity contribution in [2.75, 3.05) is 0 Å². The molecule has 0 saturated heterocycles. The second-order valence-corrected chi connectivity index (χ2v) is 4.70. The molecule has 1 atom stereocenters. The van der Waals surface area contributed by atoms with E-state index in [1.54, 1.807) is 18.2 Å². The van der Waals surface area contributed by atoms with Crippen LogP contribution in [0.5, 0.6) is 0 Å². The van der Waals surface area contributed by atoms with Crippen LogP contribution in [0.1, 0.15) is 11.1 Å². The van der Waals surface area contributed by atoms with Gasteiger partial charge in [0.2, 0.25) is 6.10 Å². The number of aliphatic carboxylic acids is 1. The van der Waals surface area contributed by atoms with Crippen LogP contribution in [0.4, 0.5) is 0 Å². The SMILES string of the molecule is O=C(/C=C/c1ccccc1)O[C@@H](Cc1ccccc1)C(=O)O. The van der Waals surface area contributed by atoms with Crippen LogP contribution >= 0.6 is 0 Å². The minimum Gasteiger partial charge on any atom is -0.478 e. The molecule has 0 aliphatic heterocycles. The average Bonchev–Trinajstić information content (AvgIpc) is 2.54. The first-order valence-corrected chi connectivity index (χ1v) is 6.85. The van der Waals surface area contributed by atoms with Crippen molar-refractivity contribution in [1.29, 1.82) is 0 Å². The van der Waals surface area contributed by atoms with Gasteiger partial charge in [0.25, 0.3) is 0 Å². The predicted molar refractivity (Wildman–Crippen MR) is 83.1 cm³/mol. The Kier molecular flexibility index (Phi) is 5.49. The highest BCUT2D eigenvalue weighted by atomic mass is 16.6. The van der Waals surface area contributed by atoms with Gasteiger partial charge in [-0.25, -0.2) is 9.59 Å². The number of ether oxygens (including phenoxy) is 1. The Balaban J connectivity index is 1.97. The molecule has 2 rings (SSSR count). The molecular weight excluding hydrogens is 280 g/mol. The van der Waals surface area contributed by atoms with Crippen molar-refractivity contribution >= 4 is 18.0 Å². The Bertz CT molecular complexity index is 647. The summed E-state index contributed by atoms with van der Waals surface area (Å²) in [6.45, 7) is 0. The molecule has 4 nitrogen and oxygen atoms in total. The number of carboxylic acids is 1. The van der Waals surface area contributed by atoms with Crippen LogP contribution in [-0.4, -0.2) is 23.1 Å². The molecule has 0 aliphatic rings. The fourth-order valence-corrected chi connectivity index (χ4v) is 1.92. The minimum atomic E-state index is -1.20. The molecule has 0 spiro atoms. The predicted octanol–water partition coefficient (Wildman–Crippen LogP) is 2.94. The third kappa shape index (κ3) is 4.90. The van der Waals surface area contributed by atoms with E-state index in [0.717, 1.165) is 11.1 Å². The summed E-state index contributed by atoms with van der Waals surface area (Å²) < 4.78 is 5.01. The van der Waals surface area contributed by atoms with Crippen LogP contribution in [-0.2, 0) is 20.7 Å². The highest BCUT2D eigenvalue weighted by Gasteiger charge is 2.21. The monoisotopic (exact) mass is 296 g/mol. The topological polar surface area (TPSA) is 63.6 Å². The van der Waals surface area contributed by atoms with Gasteiger partial charge in [-0.3, -0.25) is 0 Å². The molecule has 0 radical (unpaired) electrons. The molecule has 2 aromatic rings. The summed E-state index contributed by atoms with van der Waals surface area (Å²) >= 11 is 0. The quantitative estimate of drug-likeness (QED) is 0.657. The van der Waals surface area contributed by atoms with E-state index >= 15 is 0 Å². The van der Waals surface area contributed by atoms with Gasteiger partial charge in [0.05, 0.1) is 0 Å². The summed E-state index contributed by atoms with van der Waals surface area (Å²) in [6, 6.07) is 18.3. The third-order valence-electron chi connectivity index (χ3n) is 3.01. The van der Waals surface area contributed by atoms with Gasteiger partial charge < -0.3 is 9.84 Å². The van der Waals surface area contributed by atoms with Crippen LogP contribution < -0.4 is 0 Å². The maximum Gasteiger partial charge on any atom is 0.345 e. The molecule has 4 heteroatoms. The lowest BCUT2D eigenvalue weighted by molar-refractivity contribution is -0.160. The van der Waals surface area contributed by atoms with E-state index in [-0.39, 0.29) is 6.42 Å². The normalized spacial score (nSPS) is 12.0. The molecule has 0 unspecified atom stereocenters. The van der Waals surface area contributed by atoms with E-state index in [4.69, 9.17) is 9.84 Å². The zero-order chi connectivity index (χ0) is 15.8. The summed E-state index contributed by atoms with van der Waals surface area (Å²) in [5.41, 5.74) is 1.64. The second kappa shape index (κ2) is 7.78. The second-order valence-electron chi connectivity index (χ2n) is 4.70. The van der Waals surface area contributed by atoms with Gasteiger partial charge in [0.15, 0.2) is 0 Å². The van der Waals surface area contributed by atoms with Gasteiger partial charge >= 0.3 is 11.9 Å². The van der Waals surface area contributed by atoms with Gasteiger partial charge in [-0.2, -0.15) is 0 Å². The van der Waals surface area contributed by atoms with E-state index in [0.29, 0.717) is 0 Å². The lowest BCUT2D eigenvalue weighted by Gasteiger charge is -2.12. The van der Waals surface area contributed by atoms with Crippen molar-refractivity contribution in [3.63, 3.8) is 0 Å². The van der Waals surface area contributed by atoms with Crippen LogP contribution in [0.15, 0.2) is 66.7 Å². The number of benzene rings is 2. The Morgan fingerprint density at radius 2 is 1.59 bits per heavy atom. The summed E-state index contributed by atoms with van der Waals surface area (Å²) in [7, 11) is 0. The average molecular weight is 296 g/mol. The zero-order valence-corrected chi connectivity index (χ0v) is 11.9. The Labute approximate surface area is 128 Å². The number of esters is 1. The van der Waals surface area contributed by atoms with Crippen LogP contribution in [0.2, 0.25) is 0 Å². The van der Waals surface area contributed by atoms with E-state index in [1.807, 2.05) is 48.5 Å². The number of hydrogen-bond donors (Lipinski definition) is 1. The highest BCUT2D eigenvalue weighted by molar-refractivity contribution is 5.89. The lowest BCUT2D eigenvalue weighted by atomic mass is 10.1. The molecule has 1 N–H and O–H groups in total. The van der Waals surface area contributed by atoms with E-state index in [9.17, 15) is 9.59 Å². The maximum absolute atomic E-state index is 11.7. The molecule has 2 aromatic carbocycles. The summed E-state index contributed by atoms with van der Waals surface area (Å²) in [5, 5.41) is 9.17. The van der Waals surface area contributed by atoms with Crippen molar-refractivity contribution in [3.8, 4) is 0 Å². The molecule has 0 aromatic heterocycles. The van der Waals surface area contributed by atoms with Crippen LogP contribution in [0, 0.1) is 0 Å². The van der Waals surface area contributed by atoms with Gasteiger partial charge in [0, 0.05) is 12.5 Å². The molecule has 0 saturated carbocycles. The van der Waals surface area contributed by atoms with Crippen LogP contribution in [0.25, 0.3) is 6.08 Å². The molecule has 0 heterocycles. The zero-order valence-electron chi connectivity index (χ0n) is 11.9. The van der Waals surface area contributed by atoms with Crippen molar-refractivity contribution in [1.82, 2.24) is 0 Å². The number of rotatable bonds is 6. The smallest absolute Gasteiger partial charge is 0.345 e. The Morgan fingerprint density at radius 3 is 2.18 bits per heavy atom. The molecule has 0 fully saturated rings. The third-order valence-corrected chi connectivity index (χ3v) is 3.01. The number of carboxylic acid groups (broad SMARTS) is 1. The van der Waals surface area contributed by atoms with Crippen molar-refractivity contribution < 1.29 is 19.4 Å². The summed E-state index contributed by atoms with van der Waals surface area (Å²) in [6.07, 6.45) is 1.76. The van der Waals surface area contributed by atoms with E-state index in [2.05, 4.69) is 0 Å². The fourth-order valence-electron chi connectivity index (χ4n) is 1.92. The molecule has 112 valence electrons. The molecule has 22 heavy (non-hydrogen) atoms. The molecule has 0 bridgehead atoms. The van der Waals surface area contributed by atoms with Crippen molar-refractivity contribution in [2.45, 2.75) is 12.5 Å². The van der Waals surface area contributed by atoms with Crippen molar-refractivity contribution in [3.05, 3.63) is 77.9 Å². The van der Waals surface area contributed by atoms with E-state index < -0.39 is 18.0 Å². The Morgan fingerprint density at radius 1 is 1.00 bits per heavy atom. The van der Waals surface area contributed by atoms with Gasteiger partial charge in [0.1, 0.15) is 0 Å². The lowest BCUT2D eigenvalue weighted by Crippen LogP contribution is -2.28. The van der Waals surface area contributed by atoms with Gasteiger partial charge in [-0.1, -0.05) is 60.7 Å². The summed E-state index contributed by atoms with van der Waals surface area (Å²) in [4.78, 5) is 23.0. The molecular formula is C18H16O4. The minimum absolute atomic E-state index is 0.140. The number of hydrogen-bond acceptors (Lipinski definition) is 3.